The number of carbonyl (C=O) groups excluding carboxylic acids is 1. The first-order valence-corrected chi connectivity index (χ1v) is 10.7. The lowest BCUT2D eigenvalue weighted by molar-refractivity contribution is -0.134. The summed E-state index contributed by atoms with van der Waals surface area (Å²) >= 11 is 0. The van der Waals surface area contributed by atoms with Crippen molar-refractivity contribution in [2.75, 3.05) is 26.7 Å². The molecule has 3 heterocycles. The molecule has 2 saturated heterocycles. The van der Waals surface area contributed by atoms with Crippen molar-refractivity contribution in [2.45, 2.75) is 82.5 Å². The van der Waals surface area contributed by atoms with E-state index in [-0.39, 0.29) is 23.6 Å². The van der Waals surface area contributed by atoms with E-state index >= 15 is 0 Å². The van der Waals surface area contributed by atoms with Gasteiger partial charge in [-0.05, 0) is 45.6 Å². The molecule has 1 spiro atoms. The van der Waals surface area contributed by atoms with Crippen LogP contribution in [0.5, 0.6) is 0 Å². The average molecular weight is 392 g/mol. The van der Waals surface area contributed by atoms with Crippen LogP contribution in [0.4, 0.5) is 4.79 Å². The van der Waals surface area contributed by atoms with Gasteiger partial charge in [0, 0.05) is 37.7 Å². The number of hydrogen-bond donors (Lipinski definition) is 1. The Morgan fingerprint density at radius 2 is 2.21 bits per heavy atom. The van der Waals surface area contributed by atoms with Gasteiger partial charge in [0.05, 0.1) is 12.1 Å². The van der Waals surface area contributed by atoms with E-state index in [1.165, 1.54) is 6.42 Å². The number of rotatable bonds is 5. The Labute approximate surface area is 167 Å². The van der Waals surface area contributed by atoms with Gasteiger partial charge >= 0.3 is 6.03 Å². The molecule has 1 aromatic heterocycles. The van der Waals surface area contributed by atoms with Crippen LogP contribution in [-0.2, 0) is 11.3 Å². The molecule has 0 aromatic carbocycles. The summed E-state index contributed by atoms with van der Waals surface area (Å²) in [5.41, 5.74) is 0.0589. The second-order valence-electron chi connectivity index (χ2n) is 9.03. The molecule has 1 N–H and O–H groups in total. The maximum absolute atomic E-state index is 12.8. The summed E-state index contributed by atoms with van der Waals surface area (Å²) in [5, 5.41) is 7.33. The van der Waals surface area contributed by atoms with Crippen LogP contribution in [0.15, 0.2) is 4.52 Å². The Morgan fingerprint density at radius 3 is 2.89 bits per heavy atom. The molecule has 28 heavy (non-hydrogen) atoms. The summed E-state index contributed by atoms with van der Waals surface area (Å²) in [6, 6.07) is 0.630. The number of amides is 2. The van der Waals surface area contributed by atoms with Crippen LogP contribution < -0.4 is 5.32 Å². The lowest BCUT2D eigenvalue weighted by Gasteiger charge is -2.47. The van der Waals surface area contributed by atoms with Crippen LogP contribution in [0.1, 0.15) is 70.0 Å². The zero-order valence-corrected chi connectivity index (χ0v) is 17.3. The fourth-order valence-electron chi connectivity index (χ4n) is 4.54. The zero-order chi connectivity index (χ0) is 19.7. The van der Waals surface area contributed by atoms with E-state index in [0.29, 0.717) is 24.3 Å². The summed E-state index contributed by atoms with van der Waals surface area (Å²) in [6.07, 6.45) is 6.39. The second-order valence-corrected chi connectivity index (χ2v) is 9.03. The van der Waals surface area contributed by atoms with Crippen molar-refractivity contribution in [1.29, 1.82) is 0 Å². The van der Waals surface area contributed by atoms with Gasteiger partial charge in [-0.25, -0.2) is 4.79 Å². The molecule has 0 bridgehead atoms. The maximum atomic E-state index is 12.8. The number of carbonyl (C=O) groups is 1. The summed E-state index contributed by atoms with van der Waals surface area (Å²) in [4.78, 5) is 21.4. The summed E-state index contributed by atoms with van der Waals surface area (Å²) in [5.74, 6) is 1.63. The largest absolute Gasteiger partial charge is 0.375 e. The van der Waals surface area contributed by atoms with E-state index in [2.05, 4.69) is 27.4 Å². The predicted octanol–water partition coefficient (Wildman–Crippen LogP) is 2.51. The Morgan fingerprint density at radius 1 is 1.39 bits per heavy atom. The second kappa shape index (κ2) is 7.99. The predicted molar refractivity (Wildman–Crippen MR) is 104 cm³/mol. The van der Waals surface area contributed by atoms with Gasteiger partial charge in [-0.1, -0.05) is 19.0 Å². The molecule has 2 amide bonds. The molecule has 2 unspecified atom stereocenters. The van der Waals surface area contributed by atoms with Gasteiger partial charge in [0.1, 0.15) is 0 Å². The van der Waals surface area contributed by atoms with E-state index < -0.39 is 0 Å². The Balaban J connectivity index is 1.25. The number of nitrogens with zero attached hydrogens (tertiary/aromatic N) is 4. The monoisotopic (exact) mass is 391 g/mol. The standard InChI is InChI=1S/C20H33N5O3/c1-14(2)18-22-17(23-28-18)13-24(3)16-5-9-25(12-16)19(26)21-15-6-10-27-20(11-15)7-4-8-20/h14-16H,4-13H2,1-3H3,(H,21,26). The molecular weight excluding hydrogens is 358 g/mol. The summed E-state index contributed by atoms with van der Waals surface area (Å²) in [6.45, 7) is 7.02. The van der Waals surface area contributed by atoms with Crippen LogP contribution in [-0.4, -0.2) is 70.4 Å². The highest BCUT2D eigenvalue weighted by molar-refractivity contribution is 5.75. The maximum Gasteiger partial charge on any atom is 0.317 e. The van der Waals surface area contributed by atoms with Gasteiger partial charge in [-0.3, -0.25) is 4.90 Å². The highest BCUT2D eigenvalue weighted by Gasteiger charge is 2.43. The molecular formula is C20H33N5O3. The van der Waals surface area contributed by atoms with E-state index in [9.17, 15) is 4.79 Å². The third kappa shape index (κ3) is 4.17. The highest BCUT2D eigenvalue weighted by atomic mass is 16.5. The van der Waals surface area contributed by atoms with Gasteiger partial charge in [-0.15, -0.1) is 0 Å². The number of urea groups is 1. The Kier molecular flexibility index (Phi) is 5.60. The number of aromatic nitrogens is 2. The average Bonchev–Trinajstić information content (AvgIpc) is 3.30. The lowest BCUT2D eigenvalue weighted by Crippen LogP contribution is -2.54. The Bertz CT molecular complexity index is 687. The molecule has 8 nitrogen and oxygen atoms in total. The van der Waals surface area contributed by atoms with Gasteiger partial charge in [0.15, 0.2) is 5.82 Å². The quantitative estimate of drug-likeness (QED) is 0.830. The molecule has 3 fully saturated rings. The minimum Gasteiger partial charge on any atom is -0.375 e. The first-order chi connectivity index (χ1) is 13.4. The fourth-order valence-corrected chi connectivity index (χ4v) is 4.54. The molecule has 0 radical (unpaired) electrons. The Hall–Kier alpha value is -1.67. The van der Waals surface area contributed by atoms with E-state index in [0.717, 1.165) is 51.8 Å². The van der Waals surface area contributed by atoms with E-state index in [1.54, 1.807) is 0 Å². The molecule has 2 atom stereocenters. The first kappa shape index (κ1) is 19.6. The number of nitrogens with one attached hydrogen (secondary N) is 1. The molecule has 3 aliphatic rings. The number of likely N-dealkylation sites (N-methyl/N-ethyl adjacent to an activating group) is 1. The minimum absolute atomic E-state index is 0.0589. The fraction of sp³-hybridized carbons (Fsp3) is 0.850. The number of likely N-dealkylation sites (tertiary alicyclic amines) is 1. The third-order valence-electron chi connectivity index (χ3n) is 6.53. The molecule has 4 rings (SSSR count). The molecule has 1 saturated carbocycles. The molecule has 8 heteroatoms. The normalized spacial score (nSPS) is 26.8. The van der Waals surface area contributed by atoms with Crippen molar-refractivity contribution in [2.24, 2.45) is 0 Å². The van der Waals surface area contributed by atoms with Crippen molar-refractivity contribution in [1.82, 2.24) is 25.3 Å². The summed E-state index contributed by atoms with van der Waals surface area (Å²) in [7, 11) is 2.07. The molecule has 2 aliphatic heterocycles. The zero-order valence-electron chi connectivity index (χ0n) is 17.3. The van der Waals surface area contributed by atoms with Crippen LogP contribution in [0.3, 0.4) is 0 Å². The highest BCUT2D eigenvalue weighted by Crippen LogP contribution is 2.42. The van der Waals surface area contributed by atoms with Crippen molar-refractivity contribution < 1.29 is 14.1 Å². The van der Waals surface area contributed by atoms with Gasteiger partial charge in [-0.2, -0.15) is 4.98 Å². The minimum atomic E-state index is 0.0589. The molecule has 1 aromatic rings. The van der Waals surface area contributed by atoms with Gasteiger partial charge in [0.2, 0.25) is 5.89 Å². The summed E-state index contributed by atoms with van der Waals surface area (Å²) < 4.78 is 11.3. The first-order valence-electron chi connectivity index (χ1n) is 10.7. The van der Waals surface area contributed by atoms with Crippen molar-refractivity contribution in [3.63, 3.8) is 0 Å². The molecule has 156 valence electrons. The van der Waals surface area contributed by atoms with Crippen molar-refractivity contribution in [3.05, 3.63) is 11.7 Å². The van der Waals surface area contributed by atoms with Crippen LogP contribution >= 0.6 is 0 Å². The van der Waals surface area contributed by atoms with Crippen LogP contribution in [0.2, 0.25) is 0 Å². The van der Waals surface area contributed by atoms with Crippen LogP contribution in [0, 0.1) is 0 Å². The smallest absolute Gasteiger partial charge is 0.317 e. The van der Waals surface area contributed by atoms with Crippen molar-refractivity contribution in [3.8, 4) is 0 Å². The van der Waals surface area contributed by atoms with Gasteiger partial charge < -0.3 is 19.5 Å². The molecule has 1 aliphatic carbocycles. The van der Waals surface area contributed by atoms with E-state index in [4.69, 9.17) is 9.26 Å². The number of hydrogen-bond acceptors (Lipinski definition) is 6. The topological polar surface area (TPSA) is 83.7 Å². The van der Waals surface area contributed by atoms with E-state index in [1.807, 2.05) is 18.7 Å². The van der Waals surface area contributed by atoms with Crippen molar-refractivity contribution >= 4 is 6.03 Å². The third-order valence-corrected chi connectivity index (χ3v) is 6.53. The van der Waals surface area contributed by atoms with Crippen LogP contribution in [0.25, 0.3) is 0 Å². The number of ether oxygens (including phenoxy) is 1. The lowest BCUT2D eigenvalue weighted by atomic mass is 9.74. The SMILES string of the molecule is CC(C)c1nc(CN(C)C2CCN(C(=O)NC3CCOC4(CCC4)C3)C2)no1. The van der Waals surface area contributed by atoms with Gasteiger partial charge in [0.25, 0.3) is 0 Å².